The number of unbranched alkanes of at least 4 members (excludes halogenated alkanes) is 12. The lowest BCUT2D eigenvalue weighted by atomic mass is 9.95. The van der Waals surface area contributed by atoms with Gasteiger partial charge < -0.3 is 0 Å². The van der Waals surface area contributed by atoms with Crippen LogP contribution in [0.5, 0.6) is 0 Å². The molecule has 0 aliphatic carbocycles. The first-order chi connectivity index (χ1) is 15.3. The zero-order valence-corrected chi connectivity index (χ0v) is 21.6. The van der Waals surface area contributed by atoms with Crippen LogP contribution in [0.1, 0.15) is 128 Å². The van der Waals surface area contributed by atoms with Gasteiger partial charge in [0.05, 0.1) is 0 Å². The molecule has 176 valence electrons. The molecule has 1 rings (SSSR count). The molecule has 1 heteroatoms. The molecule has 0 spiro atoms. The molecule has 1 atom stereocenters. The third kappa shape index (κ3) is 15.6. The summed E-state index contributed by atoms with van der Waals surface area (Å²) in [5, 5.41) is 0. The SMILES string of the molecule is C#Cc1ccccc1CCSCC(CCCCCCCC)CCCCCCCCCC. The van der Waals surface area contributed by atoms with E-state index in [9.17, 15) is 0 Å². The molecule has 31 heavy (non-hydrogen) atoms. The second-order valence-electron chi connectivity index (χ2n) is 9.31. The third-order valence-corrected chi connectivity index (χ3v) is 7.67. The first-order valence-electron chi connectivity index (χ1n) is 13.4. The number of hydrogen-bond donors (Lipinski definition) is 0. The van der Waals surface area contributed by atoms with Gasteiger partial charge in [0.1, 0.15) is 0 Å². The summed E-state index contributed by atoms with van der Waals surface area (Å²) in [7, 11) is 0. The molecular formula is C30H50S. The molecule has 1 aromatic rings. The topological polar surface area (TPSA) is 0 Å². The van der Waals surface area contributed by atoms with E-state index in [1.807, 2.05) is 6.07 Å². The molecule has 0 radical (unpaired) electrons. The van der Waals surface area contributed by atoms with Gasteiger partial charge in [-0.15, -0.1) is 6.42 Å². The molecule has 1 aromatic carbocycles. The third-order valence-electron chi connectivity index (χ3n) is 6.47. The van der Waals surface area contributed by atoms with Crippen molar-refractivity contribution in [1.29, 1.82) is 0 Å². The predicted octanol–water partition coefficient (Wildman–Crippen LogP) is 9.84. The average molecular weight is 443 g/mol. The Morgan fingerprint density at radius 3 is 1.81 bits per heavy atom. The molecule has 0 N–H and O–H groups in total. The molecule has 0 amide bonds. The standard InChI is InChI=1S/C30H50S/c1-4-7-9-11-13-14-16-18-22-28(21-17-15-12-10-8-5-2)27-31-26-25-30-24-20-19-23-29(30)6-3/h3,19-20,23-24,28H,4-5,7-18,21-22,25-27H2,1-2H3. The molecule has 0 fully saturated rings. The Morgan fingerprint density at radius 1 is 0.742 bits per heavy atom. The Bertz CT molecular complexity index is 556. The fraction of sp³-hybridized carbons (Fsp3) is 0.733. The average Bonchev–Trinajstić information content (AvgIpc) is 2.80. The van der Waals surface area contributed by atoms with Crippen molar-refractivity contribution in [2.45, 2.75) is 123 Å². The van der Waals surface area contributed by atoms with Gasteiger partial charge in [0.25, 0.3) is 0 Å². The van der Waals surface area contributed by atoms with Crippen LogP contribution in [0.3, 0.4) is 0 Å². The minimum atomic E-state index is 0.916. The van der Waals surface area contributed by atoms with Crippen LogP contribution in [-0.4, -0.2) is 11.5 Å². The van der Waals surface area contributed by atoms with E-state index in [1.165, 1.54) is 120 Å². The smallest absolute Gasteiger partial charge is 0.0274 e. The Kier molecular flexibility index (Phi) is 19.1. The summed E-state index contributed by atoms with van der Waals surface area (Å²) in [5.74, 6) is 6.29. The monoisotopic (exact) mass is 442 g/mol. The fourth-order valence-electron chi connectivity index (χ4n) is 4.40. The number of terminal acetylenes is 1. The van der Waals surface area contributed by atoms with Crippen LogP contribution >= 0.6 is 11.8 Å². The van der Waals surface area contributed by atoms with E-state index in [0.717, 1.165) is 17.9 Å². The molecule has 0 heterocycles. The number of rotatable bonds is 21. The highest BCUT2D eigenvalue weighted by Gasteiger charge is 2.09. The number of aryl methyl sites for hydroxylation is 1. The summed E-state index contributed by atoms with van der Waals surface area (Å²) >= 11 is 2.16. The highest BCUT2D eigenvalue weighted by Crippen LogP contribution is 2.24. The van der Waals surface area contributed by atoms with E-state index in [0.29, 0.717) is 0 Å². The summed E-state index contributed by atoms with van der Waals surface area (Å²) in [6.07, 6.45) is 29.6. The Balaban J connectivity index is 2.26. The highest BCUT2D eigenvalue weighted by molar-refractivity contribution is 7.99. The molecule has 0 saturated carbocycles. The molecule has 0 aliphatic heterocycles. The van der Waals surface area contributed by atoms with E-state index < -0.39 is 0 Å². The van der Waals surface area contributed by atoms with Crippen LogP contribution in [0.15, 0.2) is 24.3 Å². The van der Waals surface area contributed by atoms with E-state index in [-0.39, 0.29) is 0 Å². The van der Waals surface area contributed by atoms with Crippen LogP contribution in [0.4, 0.5) is 0 Å². The maximum absolute atomic E-state index is 5.66. The lowest BCUT2D eigenvalue weighted by Crippen LogP contribution is -2.06. The van der Waals surface area contributed by atoms with Gasteiger partial charge in [-0.3, -0.25) is 0 Å². The van der Waals surface area contributed by atoms with Gasteiger partial charge in [0, 0.05) is 5.56 Å². The quantitative estimate of drug-likeness (QED) is 0.135. The second kappa shape index (κ2) is 21.0. The predicted molar refractivity (Wildman–Crippen MR) is 144 cm³/mol. The zero-order chi connectivity index (χ0) is 22.4. The molecule has 0 nitrogen and oxygen atoms in total. The van der Waals surface area contributed by atoms with Gasteiger partial charge in [-0.25, -0.2) is 0 Å². The van der Waals surface area contributed by atoms with Crippen molar-refractivity contribution in [2.24, 2.45) is 5.92 Å². The largest absolute Gasteiger partial charge is 0.161 e. The minimum Gasteiger partial charge on any atom is -0.161 e. The van der Waals surface area contributed by atoms with Crippen LogP contribution in [0.25, 0.3) is 0 Å². The first-order valence-corrected chi connectivity index (χ1v) is 14.6. The molecule has 0 saturated heterocycles. The van der Waals surface area contributed by atoms with E-state index in [2.05, 4.69) is 49.7 Å². The van der Waals surface area contributed by atoms with Crippen LogP contribution < -0.4 is 0 Å². The van der Waals surface area contributed by atoms with Crippen molar-refractivity contribution in [3.63, 3.8) is 0 Å². The molecule has 0 bridgehead atoms. The highest BCUT2D eigenvalue weighted by atomic mass is 32.2. The zero-order valence-electron chi connectivity index (χ0n) is 20.8. The van der Waals surface area contributed by atoms with Crippen LogP contribution in [0.2, 0.25) is 0 Å². The molecular weight excluding hydrogens is 392 g/mol. The van der Waals surface area contributed by atoms with Crippen LogP contribution in [0, 0.1) is 18.3 Å². The lowest BCUT2D eigenvalue weighted by Gasteiger charge is -2.17. The molecule has 0 aliphatic rings. The van der Waals surface area contributed by atoms with Gasteiger partial charge in [0.15, 0.2) is 0 Å². The van der Waals surface area contributed by atoms with Crippen molar-refractivity contribution in [2.75, 3.05) is 11.5 Å². The van der Waals surface area contributed by atoms with Crippen molar-refractivity contribution in [3.05, 3.63) is 35.4 Å². The molecule has 0 aromatic heterocycles. The summed E-state index contributed by atoms with van der Waals surface area (Å²) < 4.78 is 0. The van der Waals surface area contributed by atoms with Crippen molar-refractivity contribution in [1.82, 2.24) is 0 Å². The fourth-order valence-corrected chi connectivity index (χ4v) is 5.60. The normalized spacial score (nSPS) is 12.0. The van der Waals surface area contributed by atoms with Gasteiger partial charge >= 0.3 is 0 Å². The van der Waals surface area contributed by atoms with Crippen LogP contribution in [-0.2, 0) is 6.42 Å². The Labute approximate surface area is 199 Å². The van der Waals surface area contributed by atoms with E-state index in [1.54, 1.807) is 0 Å². The maximum Gasteiger partial charge on any atom is 0.0274 e. The molecule has 1 unspecified atom stereocenters. The van der Waals surface area contributed by atoms with Gasteiger partial charge in [-0.05, 0) is 48.3 Å². The number of benzene rings is 1. The summed E-state index contributed by atoms with van der Waals surface area (Å²) in [5.41, 5.74) is 2.42. The van der Waals surface area contributed by atoms with Crippen molar-refractivity contribution in [3.8, 4) is 12.3 Å². The van der Waals surface area contributed by atoms with Gasteiger partial charge in [0.2, 0.25) is 0 Å². The summed E-state index contributed by atoms with van der Waals surface area (Å²) in [6, 6.07) is 8.43. The Hall–Kier alpha value is -0.870. The number of hydrogen-bond acceptors (Lipinski definition) is 1. The van der Waals surface area contributed by atoms with E-state index >= 15 is 0 Å². The van der Waals surface area contributed by atoms with Gasteiger partial charge in [-0.2, -0.15) is 11.8 Å². The number of thioether (sulfide) groups is 1. The van der Waals surface area contributed by atoms with Gasteiger partial charge in [-0.1, -0.05) is 128 Å². The first kappa shape index (κ1) is 28.2. The maximum atomic E-state index is 5.66. The second-order valence-corrected chi connectivity index (χ2v) is 10.5. The van der Waals surface area contributed by atoms with Crippen molar-refractivity contribution < 1.29 is 0 Å². The summed E-state index contributed by atoms with van der Waals surface area (Å²) in [6.45, 7) is 4.61. The van der Waals surface area contributed by atoms with E-state index in [4.69, 9.17) is 6.42 Å². The lowest BCUT2D eigenvalue weighted by molar-refractivity contribution is 0.436. The Morgan fingerprint density at radius 2 is 1.26 bits per heavy atom. The summed E-state index contributed by atoms with van der Waals surface area (Å²) in [4.78, 5) is 0. The van der Waals surface area contributed by atoms with Crippen molar-refractivity contribution >= 4 is 11.8 Å². The minimum absolute atomic E-state index is 0.916.